The molecule has 6 nitrogen and oxygen atoms in total. The Hall–Kier alpha value is -3.61. The number of carbonyl (C=O) groups excluding carboxylic acids is 1. The molecule has 3 aromatic rings. The van der Waals surface area contributed by atoms with Crippen LogP contribution in [0.5, 0.6) is 5.88 Å². The van der Waals surface area contributed by atoms with Gasteiger partial charge in [-0.15, -0.1) is 0 Å². The molecule has 0 unspecified atom stereocenters. The molecule has 4 heterocycles. The van der Waals surface area contributed by atoms with Crippen LogP contribution >= 0.6 is 11.6 Å². The van der Waals surface area contributed by atoms with Gasteiger partial charge in [0.15, 0.2) is 6.61 Å². The highest BCUT2D eigenvalue weighted by Gasteiger charge is 2.59. The Kier molecular flexibility index (Phi) is 6.36. The van der Waals surface area contributed by atoms with Crippen molar-refractivity contribution in [3.63, 3.8) is 0 Å². The number of halogens is 8. The van der Waals surface area contributed by atoms with E-state index in [9.17, 15) is 26.7 Å². The lowest BCUT2D eigenvalue weighted by molar-refractivity contribution is -0.154. The van der Waals surface area contributed by atoms with Gasteiger partial charge in [-0.25, -0.2) is 19.2 Å². The van der Waals surface area contributed by atoms with Crippen molar-refractivity contribution in [2.45, 2.75) is 37.0 Å². The Labute approximate surface area is 215 Å². The zero-order chi connectivity index (χ0) is 27.4. The van der Waals surface area contributed by atoms with E-state index in [-0.39, 0.29) is 40.4 Å². The van der Waals surface area contributed by atoms with Crippen LogP contribution in [-0.2, 0) is 5.92 Å². The van der Waals surface area contributed by atoms with E-state index >= 15 is 8.78 Å². The highest BCUT2D eigenvalue weighted by Crippen LogP contribution is 2.54. The van der Waals surface area contributed by atoms with E-state index < -0.39 is 59.8 Å². The van der Waals surface area contributed by atoms with E-state index in [4.69, 9.17) is 11.6 Å². The zero-order valence-corrected chi connectivity index (χ0v) is 19.8. The fraction of sp³-hybridized carbons (Fsp3) is 0.292. The van der Waals surface area contributed by atoms with Crippen molar-refractivity contribution in [2.75, 3.05) is 11.9 Å². The summed E-state index contributed by atoms with van der Waals surface area (Å²) in [5.74, 6) is -6.27. The molecular weight excluding hydrogens is 545 g/mol. The molecule has 2 aliphatic rings. The molecule has 2 atom stereocenters. The molecule has 1 N–H and O–H groups in total. The summed E-state index contributed by atoms with van der Waals surface area (Å²) in [6.07, 6.45) is -2.32. The van der Waals surface area contributed by atoms with Crippen molar-refractivity contribution in [1.29, 1.82) is 0 Å². The number of amides is 2. The Balaban J connectivity index is 1.37. The van der Waals surface area contributed by atoms with Gasteiger partial charge in [-0.1, -0.05) is 11.6 Å². The number of anilines is 1. The third-order valence-corrected chi connectivity index (χ3v) is 6.71. The number of carbonyl (C=O) groups is 1. The molecule has 2 amide bonds. The number of nitrogens with one attached hydrogen (secondary N) is 1. The number of benzene rings is 1. The van der Waals surface area contributed by atoms with Gasteiger partial charge in [-0.05, 0) is 42.7 Å². The lowest BCUT2D eigenvalue weighted by Crippen LogP contribution is -2.52. The lowest BCUT2D eigenvalue weighted by atomic mass is 9.91. The number of hydrogen-bond donors (Lipinski definition) is 1. The predicted octanol–water partition coefficient (Wildman–Crippen LogP) is 6.86. The summed E-state index contributed by atoms with van der Waals surface area (Å²) in [5, 5.41) is 2.21. The van der Waals surface area contributed by atoms with Crippen LogP contribution in [0.15, 0.2) is 42.7 Å². The van der Waals surface area contributed by atoms with E-state index in [1.54, 1.807) is 0 Å². The Morgan fingerprint density at radius 3 is 2.61 bits per heavy atom. The third kappa shape index (κ3) is 4.59. The number of alkyl halides is 5. The number of ether oxygens (including phenoxy) is 1. The molecule has 2 aromatic heterocycles. The molecular formula is C24H16ClF7N4O2. The van der Waals surface area contributed by atoms with Crippen molar-refractivity contribution < 1.29 is 40.3 Å². The Morgan fingerprint density at radius 2 is 1.92 bits per heavy atom. The molecule has 1 aromatic carbocycles. The number of pyridine rings is 2. The zero-order valence-electron chi connectivity index (χ0n) is 19.0. The molecule has 0 saturated carbocycles. The van der Waals surface area contributed by atoms with Crippen LogP contribution in [0.2, 0.25) is 5.02 Å². The van der Waals surface area contributed by atoms with Crippen LogP contribution in [0.25, 0.3) is 11.1 Å². The number of nitrogens with zero attached hydrogens (tertiary/aromatic N) is 3. The number of fused-ring (bicyclic) bond motifs is 4. The standard InChI is InChI=1S/C24H16ClF7N4O2/c25-14-8-16(15(26)7-13(14)11-1-4-19(34-9-11)38-10-23(28,29)30)35-22(37)36-17-2-3-18(36)24(31,32)20-12(17)5-6-33-21(20)27/h1,4-9,17-18H,2-3,10H2,(H,35,37)/t17-,18+/m1/s1. The second kappa shape index (κ2) is 9.29. The summed E-state index contributed by atoms with van der Waals surface area (Å²) in [4.78, 5) is 21.0. The van der Waals surface area contributed by atoms with Gasteiger partial charge in [0.1, 0.15) is 11.9 Å². The molecule has 2 aliphatic heterocycles. The second-order valence-electron chi connectivity index (χ2n) is 8.74. The molecule has 1 saturated heterocycles. The summed E-state index contributed by atoms with van der Waals surface area (Å²) in [5.41, 5.74) is -0.934. The number of rotatable bonds is 4. The summed E-state index contributed by atoms with van der Waals surface area (Å²) in [6, 6.07) is 2.20. The Bertz CT molecular complexity index is 1400. The fourth-order valence-corrected chi connectivity index (χ4v) is 5.08. The first-order valence-corrected chi connectivity index (χ1v) is 11.5. The largest absolute Gasteiger partial charge is 0.468 e. The van der Waals surface area contributed by atoms with Crippen molar-refractivity contribution in [3.8, 4) is 17.0 Å². The van der Waals surface area contributed by atoms with Crippen molar-refractivity contribution in [3.05, 3.63) is 70.6 Å². The van der Waals surface area contributed by atoms with E-state index in [0.29, 0.717) is 0 Å². The van der Waals surface area contributed by atoms with E-state index in [1.807, 2.05) is 0 Å². The van der Waals surface area contributed by atoms with Gasteiger partial charge < -0.3 is 15.0 Å². The monoisotopic (exact) mass is 560 g/mol. The third-order valence-electron chi connectivity index (χ3n) is 6.40. The molecule has 0 aliphatic carbocycles. The van der Waals surface area contributed by atoms with Crippen LogP contribution in [0.3, 0.4) is 0 Å². The average molecular weight is 561 g/mol. The summed E-state index contributed by atoms with van der Waals surface area (Å²) in [6.45, 7) is -1.54. The van der Waals surface area contributed by atoms with Gasteiger partial charge in [0.2, 0.25) is 11.8 Å². The SMILES string of the molecule is O=C(Nc1cc(Cl)c(-c2ccc(OCC(F)(F)F)nc2)cc1F)N1[C@@H]2CC[C@H]1C(F)(F)c1c2ccnc1F. The van der Waals surface area contributed by atoms with Gasteiger partial charge in [-0.2, -0.15) is 26.3 Å². The normalized spacial score (nSPS) is 19.7. The van der Waals surface area contributed by atoms with Crippen LogP contribution in [0, 0.1) is 11.8 Å². The van der Waals surface area contributed by atoms with Crippen LogP contribution in [0.4, 0.5) is 41.2 Å². The van der Waals surface area contributed by atoms with E-state index in [1.165, 1.54) is 12.1 Å². The predicted molar refractivity (Wildman–Crippen MR) is 121 cm³/mol. The number of aromatic nitrogens is 2. The highest BCUT2D eigenvalue weighted by molar-refractivity contribution is 6.33. The topological polar surface area (TPSA) is 67.3 Å². The first kappa shape index (κ1) is 26.0. The first-order valence-electron chi connectivity index (χ1n) is 11.1. The van der Waals surface area contributed by atoms with Gasteiger partial charge in [0, 0.05) is 29.6 Å². The Morgan fingerprint density at radius 1 is 1.16 bits per heavy atom. The van der Waals surface area contributed by atoms with Crippen molar-refractivity contribution in [2.24, 2.45) is 0 Å². The van der Waals surface area contributed by atoms with Crippen LogP contribution in [0.1, 0.15) is 30.0 Å². The summed E-state index contributed by atoms with van der Waals surface area (Å²) in [7, 11) is 0. The molecule has 2 bridgehead atoms. The molecule has 200 valence electrons. The number of urea groups is 1. The number of hydrogen-bond acceptors (Lipinski definition) is 4. The maximum absolute atomic E-state index is 15.2. The average Bonchev–Trinajstić information content (AvgIpc) is 3.26. The molecule has 5 rings (SSSR count). The maximum atomic E-state index is 15.2. The van der Waals surface area contributed by atoms with Gasteiger partial charge in [0.05, 0.1) is 22.3 Å². The maximum Gasteiger partial charge on any atom is 0.422 e. The summed E-state index contributed by atoms with van der Waals surface area (Å²) < 4.78 is 101. The molecule has 0 spiro atoms. The second-order valence-corrected chi connectivity index (χ2v) is 9.14. The smallest absolute Gasteiger partial charge is 0.422 e. The summed E-state index contributed by atoms with van der Waals surface area (Å²) >= 11 is 6.26. The molecule has 0 radical (unpaired) electrons. The van der Waals surface area contributed by atoms with Crippen LogP contribution in [-0.4, -0.2) is 39.7 Å². The minimum atomic E-state index is -4.55. The van der Waals surface area contributed by atoms with Crippen LogP contribution < -0.4 is 10.1 Å². The highest BCUT2D eigenvalue weighted by atomic mass is 35.5. The van der Waals surface area contributed by atoms with Gasteiger partial charge >= 0.3 is 12.2 Å². The fourth-order valence-electron chi connectivity index (χ4n) is 4.80. The van der Waals surface area contributed by atoms with E-state index in [2.05, 4.69) is 20.0 Å². The molecule has 38 heavy (non-hydrogen) atoms. The molecule has 14 heteroatoms. The van der Waals surface area contributed by atoms with Crippen molar-refractivity contribution in [1.82, 2.24) is 14.9 Å². The van der Waals surface area contributed by atoms with Gasteiger partial charge in [0.25, 0.3) is 5.92 Å². The lowest BCUT2D eigenvalue weighted by Gasteiger charge is -2.40. The first-order chi connectivity index (χ1) is 17.9. The van der Waals surface area contributed by atoms with Crippen molar-refractivity contribution >= 4 is 23.3 Å². The molecule has 1 fully saturated rings. The minimum Gasteiger partial charge on any atom is -0.468 e. The van der Waals surface area contributed by atoms with Gasteiger partial charge in [-0.3, -0.25) is 0 Å². The quantitative estimate of drug-likeness (QED) is 0.280. The minimum absolute atomic E-state index is 0.0575. The van der Waals surface area contributed by atoms with E-state index in [0.717, 1.165) is 35.5 Å².